The number of aliphatic imine (C=N–C) groups is 1. The van der Waals surface area contributed by atoms with Gasteiger partial charge >= 0.3 is 0 Å². The minimum absolute atomic E-state index is 0.433. The Labute approximate surface area is 126 Å². The lowest BCUT2D eigenvalue weighted by atomic mass is 10.2. The lowest BCUT2D eigenvalue weighted by molar-refractivity contribution is 0.380. The zero-order valence-corrected chi connectivity index (χ0v) is 13.1. The van der Waals surface area contributed by atoms with Gasteiger partial charge in [-0.2, -0.15) is 0 Å². The van der Waals surface area contributed by atoms with Crippen LogP contribution in [0.4, 0.5) is 5.69 Å². The fourth-order valence-corrected chi connectivity index (χ4v) is 2.83. The molecule has 3 rings (SSSR count). The summed E-state index contributed by atoms with van der Waals surface area (Å²) in [6, 6.07) is 4.40. The molecule has 1 N–H and O–H groups in total. The number of benzene rings is 1. The highest BCUT2D eigenvalue weighted by atomic mass is 79.9. The van der Waals surface area contributed by atoms with Gasteiger partial charge in [-0.3, -0.25) is 15.0 Å². The summed E-state index contributed by atoms with van der Waals surface area (Å²) in [6.45, 7) is 6.14. The summed E-state index contributed by atoms with van der Waals surface area (Å²) in [6.07, 6.45) is 3.40. The Bertz CT molecular complexity index is 668. The lowest BCUT2D eigenvalue weighted by Gasteiger charge is -2.25. The highest BCUT2D eigenvalue weighted by Crippen LogP contribution is 2.29. The molecule has 0 atom stereocenters. The molecule has 0 saturated carbocycles. The van der Waals surface area contributed by atoms with Crippen molar-refractivity contribution < 1.29 is 0 Å². The van der Waals surface area contributed by atoms with Crippen LogP contribution < -0.4 is 5.32 Å². The van der Waals surface area contributed by atoms with Crippen LogP contribution in [-0.4, -0.2) is 40.0 Å². The molecule has 6 heteroatoms. The van der Waals surface area contributed by atoms with Gasteiger partial charge in [-0.25, -0.2) is 0 Å². The van der Waals surface area contributed by atoms with E-state index in [-0.39, 0.29) is 0 Å². The number of nitrogens with zero attached hydrogens (tertiary/aromatic N) is 4. The molecule has 20 heavy (non-hydrogen) atoms. The van der Waals surface area contributed by atoms with E-state index < -0.39 is 0 Å². The summed E-state index contributed by atoms with van der Waals surface area (Å²) >= 11 is 3.61. The molecular weight excluding hydrogens is 318 g/mol. The second-order valence-corrected chi connectivity index (χ2v) is 5.76. The van der Waals surface area contributed by atoms with Crippen LogP contribution in [0.1, 0.15) is 13.8 Å². The van der Waals surface area contributed by atoms with Gasteiger partial charge in [0.15, 0.2) is 5.96 Å². The average Bonchev–Trinajstić information content (AvgIpc) is 2.91. The van der Waals surface area contributed by atoms with E-state index in [1.54, 1.807) is 12.4 Å². The number of fused-ring (bicyclic) bond motifs is 1. The van der Waals surface area contributed by atoms with Crippen LogP contribution in [-0.2, 0) is 0 Å². The minimum Gasteiger partial charge on any atom is -0.338 e. The van der Waals surface area contributed by atoms with Crippen LogP contribution in [0.15, 0.2) is 34.0 Å². The Hall–Kier alpha value is -1.69. The molecule has 1 aromatic carbocycles. The van der Waals surface area contributed by atoms with E-state index in [2.05, 4.69) is 55.0 Å². The van der Waals surface area contributed by atoms with Gasteiger partial charge in [-0.1, -0.05) is 0 Å². The molecule has 1 aromatic heterocycles. The maximum absolute atomic E-state index is 4.53. The molecule has 5 nitrogen and oxygen atoms in total. The van der Waals surface area contributed by atoms with Crippen molar-refractivity contribution in [2.24, 2.45) is 4.99 Å². The molecule has 0 aliphatic carbocycles. The smallest absolute Gasteiger partial charge is 0.198 e. The molecular formula is C14H16BrN5. The summed E-state index contributed by atoms with van der Waals surface area (Å²) < 4.78 is 0.918. The predicted molar refractivity (Wildman–Crippen MR) is 85.0 cm³/mol. The number of anilines is 1. The van der Waals surface area contributed by atoms with Crippen molar-refractivity contribution in [2.75, 3.05) is 18.4 Å². The van der Waals surface area contributed by atoms with Gasteiger partial charge in [0.1, 0.15) is 5.52 Å². The summed E-state index contributed by atoms with van der Waals surface area (Å²) in [5.41, 5.74) is 2.69. The Morgan fingerprint density at radius 2 is 2.05 bits per heavy atom. The molecule has 2 aromatic rings. The van der Waals surface area contributed by atoms with E-state index in [9.17, 15) is 0 Å². The maximum atomic E-state index is 4.53. The van der Waals surface area contributed by atoms with E-state index in [1.807, 2.05) is 12.1 Å². The fraction of sp³-hybridized carbons (Fsp3) is 0.357. The summed E-state index contributed by atoms with van der Waals surface area (Å²) in [5.74, 6) is 0.920. The molecule has 1 aliphatic rings. The van der Waals surface area contributed by atoms with Crippen LogP contribution in [0, 0.1) is 0 Å². The molecule has 0 bridgehead atoms. The standard InChI is InChI=1S/C14H16BrN5/c1-9(2)20-8-7-18-14(20)19-10-3-4-11-13(12(10)15)17-6-5-16-11/h3-6,9H,7-8H2,1-2H3,(H,18,19). The summed E-state index contributed by atoms with van der Waals surface area (Å²) in [7, 11) is 0. The third kappa shape index (κ3) is 2.35. The Balaban J connectivity index is 1.93. The van der Waals surface area contributed by atoms with Crippen LogP contribution in [0.5, 0.6) is 0 Å². The average molecular weight is 334 g/mol. The molecule has 0 unspecified atom stereocenters. The van der Waals surface area contributed by atoms with Crippen molar-refractivity contribution in [1.82, 2.24) is 14.9 Å². The minimum atomic E-state index is 0.433. The number of aromatic nitrogens is 2. The van der Waals surface area contributed by atoms with Gasteiger partial charge in [0.25, 0.3) is 0 Å². The highest BCUT2D eigenvalue weighted by Gasteiger charge is 2.20. The molecule has 0 amide bonds. The van der Waals surface area contributed by atoms with Crippen molar-refractivity contribution in [3.05, 3.63) is 29.0 Å². The second kappa shape index (κ2) is 5.36. The Morgan fingerprint density at radius 1 is 1.25 bits per heavy atom. The zero-order chi connectivity index (χ0) is 14.1. The molecule has 2 heterocycles. The molecule has 0 radical (unpaired) electrons. The van der Waals surface area contributed by atoms with Crippen molar-refractivity contribution in [2.45, 2.75) is 19.9 Å². The van der Waals surface area contributed by atoms with Crippen LogP contribution in [0.25, 0.3) is 11.0 Å². The van der Waals surface area contributed by atoms with Crippen LogP contribution >= 0.6 is 15.9 Å². The Morgan fingerprint density at radius 3 is 2.85 bits per heavy atom. The molecule has 104 valence electrons. The molecule has 0 spiro atoms. The highest BCUT2D eigenvalue weighted by molar-refractivity contribution is 9.10. The second-order valence-electron chi connectivity index (χ2n) is 4.97. The van der Waals surface area contributed by atoms with E-state index in [4.69, 9.17) is 0 Å². The first-order valence-electron chi connectivity index (χ1n) is 6.64. The summed E-state index contributed by atoms with van der Waals surface area (Å²) in [4.78, 5) is 15.5. The lowest BCUT2D eigenvalue weighted by Crippen LogP contribution is -2.38. The topological polar surface area (TPSA) is 53.4 Å². The number of hydrogen-bond donors (Lipinski definition) is 1. The van der Waals surface area contributed by atoms with Crippen molar-refractivity contribution in [3.8, 4) is 0 Å². The van der Waals surface area contributed by atoms with Gasteiger partial charge in [-0.15, -0.1) is 0 Å². The monoisotopic (exact) mass is 333 g/mol. The zero-order valence-electron chi connectivity index (χ0n) is 11.5. The number of halogens is 1. The van der Waals surface area contributed by atoms with Crippen molar-refractivity contribution in [3.63, 3.8) is 0 Å². The van der Waals surface area contributed by atoms with E-state index in [0.29, 0.717) is 6.04 Å². The van der Waals surface area contributed by atoms with Crippen LogP contribution in [0.2, 0.25) is 0 Å². The van der Waals surface area contributed by atoms with E-state index >= 15 is 0 Å². The fourth-order valence-electron chi connectivity index (χ4n) is 2.29. The van der Waals surface area contributed by atoms with Gasteiger partial charge in [0, 0.05) is 25.0 Å². The first-order valence-corrected chi connectivity index (χ1v) is 7.43. The number of guanidine groups is 1. The first-order chi connectivity index (χ1) is 9.66. The van der Waals surface area contributed by atoms with E-state index in [1.165, 1.54) is 0 Å². The molecule has 0 fully saturated rings. The third-order valence-electron chi connectivity index (χ3n) is 3.32. The van der Waals surface area contributed by atoms with Gasteiger partial charge in [0.2, 0.25) is 0 Å². The first kappa shape index (κ1) is 13.3. The summed E-state index contributed by atoms with van der Waals surface area (Å²) in [5, 5.41) is 3.39. The quantitative estimate of drug-likeness (QED) is 0.918. The SMILES string of the molecule is CC(C)N1CCN=C1Nc1ccc2nccnc2c1Br. The maximum Gasteiger partial charge on any atom is 0.198 e. The van der Waals surface area contributed by atoms with Crippen molar-refractivity contribution >= 4 is 38.6 Å². The Kier molecular flexibility index (Phi) is 3.56. The van der Waals surface area contributed by atoms with E-state index in [0.717, 1.165) is 40.2 Å². The number of nitrogens with one attached hydrogen (secondary N) is 1. The van der Waals surface area contributed by atoms with Gasteiger partial charge in [-0.05, 0) is 41.9 Å². The van der Waals surface area contributed by atoms with Gasteiger partial charge < -0.3 is 10.2 Å². The molecule has 1 aliphatic heterocycles. The largest absolute Gasteiger partial charge is 0.338 e. The van der Waals surface area contributed by atoms with Crippen molar-refractivity contribution in [1.29, 1.82) is 0 Å². The normalized spacial score (nSPS) is 15.0. The third-order valence-corrected chi connectivity index (χ3v) is 4.13. The van der Waals surface area contributed by atoms with Gasteiger partial charge in [0.05, 0.1) is 22.2 Å². The molecule has 0 saturated heterocycles. The predicted octanol–water partition coefficient (Wildman–Crippen LogP) is 2.88. The number of rotatable bonds is 2. The van der Waals surface area contributed by atoms with Crippen LogP contribution in [0.3, 0.4) is 0 Å². The number of hydrogen-bond acceptors (Lipinski definition) is 5.